The molecule has 1 aromatic rings. The van der Waals surface area contributed by atoms with E-state index in [1.165, 1.54) is 7.11 Å². The highest BCUT2D eigenvalue weighted by Crippen LogP contribution is 1.96. The van der Waals surface area contributed by atoms with Crippen LogP contribution in [-0.4, -0.2) is 52.6 Å². The van der Waals surface area contributed by atoms with Crippen LogP contribution in [0.25, 0.3) is 0 Å². The third-order valence-corrected chi connectivity index (χ3v) is 2.08. The molecule has 1 unspecified atom stereocenters. The zero-order valence-corrected chi connectivity index (χ0v) is 10.1. The van der Waals surface area contributed by atoms with Crippen molar-refractivity contribution in [2.75, 3.05) is 20.3 Å². The van der Waals surface area contributed by atoms with E-state index in [1.54, 1.807) is 0 Å². The van der Waals surface area contributed by atoms with E-state index in [-0.39, 0.29) is 19.0 Å². The van der Waals surface area contributed by atoms with Gasteiger partial charge in [0.1, 0.15) is 5.82 Å². The molecule has 7 heteroatoms. The molecule has 0 aromatic carbocycles. The van der Waals surface area contributed by atoms with E-state index in [2.05, 4.69) is 20.5 Å². The number of aromatic nitrogens is 3. The number of ether oxygens (including phenoxy) is 1. The van der Waals surface area contributed by atoms with E-state index in [4.69, 9.17) is 4.74 Å². The van der Waals surface area contributed by atoms with Crippen molar-refractivity contribution in [1.29, 1.82) is 0 Å². The summed E-state index contributed by atoms with van der Waals surface area (Å²) < 4.78 is 4.74. The molecule has 0 aliphatic carbocycles. The van der Waals surface area contributed by atoms with Crippen molar-refractivity contribution in [3.8, 4) is 0 Å². The number of aliphatic hydroxyl groups is 1. The minimum absolute atomic E-state index is 0.0954. The lowest BCUT2D eigenvalue weighted by Crippen LogP contribution is -2.34. The van der Waals surface area contributed by atoms with Gasteiger partial charge in [-0.25, -0.2) is 4.98 Å². The predicted octanol–water partition coefficient (Wildman–Crippen LogP) is -0.506. The number of nitrogens with one attached hydrogen (secondary N) is 2. The van der Waals surface area contributed by atoms with Crippen molar-refractivity contribution in [3.05, 3.63) is 11.6 Å². The van der Waals surface area contributed by atoms with Crippen molar-refractivity contribution < 1.29 is 14.6 Å². The van der Waals surface area contributed by atoms with Gasteiger partial charge in [0.05, 0.1) is 12.7 Å². The molecule has 1 aromatic heterocycles. The van der Waals surface area contributed by atoms with Crippen molar-refractivity contribution in [2.45, 2.75) is 25.9 Å². The number of amides is 1. The number of nitrogens with zero attached hydrogens (tertiary/aromatic N) is 2. The van der Waals surface area contributed by atoms with Gasteiger partial charge in [-0.15, -0.1) is 5.10 Å². The summed E-state index contributed by atoms with van der Waals surface area (Å²) in [6.45, 7) is 2.31. The van der Waals surface area contributed by atoms with Gasteiger partial charge in [-0.2, -0.15) is 0 Å². The van der Waals surface area contributed by atoms with E-state index in [1.807, 2.05) is 6.92 Å². The summed E-state index contributed by atoms with van der Waals surface area (Å²) in [5.74, 6) is 0.381. The molecule has 17 heavy (non-hydrogen) atoms. The molecule has 1 atom stereocenters. The van der Waals surface area contributed by atoms with E-state index in [0.29, 0.717) is 5.82 Å². The number of aliphatic hydroxyl groups excluding tert-OH is 1. The Labute approximate surface area is 99.6 Å². The summed E-state index contributed by atoms with van der Waals surface area (Å²) in [5.41, 5.74) is 0. The topological polar surface area (TPSA) is 100 Å². The Morgan fingerprint density at radius 1 is 1.65 bits per heavy atom. The minimum atomic E-state index is -0.724. The molecule has 0 saturated heterocycles. The Balaban J connectivity index is 2.40. The Kier molecular flexibility index (Phi) is 5.58. The molecule has 0 fully saturated rings. The number of carbonyl (C=O) groups is 1. The molecule has 1 rings (SSSR count). The first-order valence-corrected chi connectivity index (χ1v) is 5.53. The quantitative estimate of drug-likeness (QED) is 0.598. The number of aryl methyl sites for hydroxylation is 1. The molecule has 7 nitrogen and oxygen atoms in total. The number of carbonyl (C=O) groups excluding carboxylic acids is 1. The maximum atomic E-state index is 11.6. The number of rotatable bonds is 7. The van der Waals surface area contributed by atoms with Gasteiger partial charge < -0.3 is 15.2 Å². The molecule has 1 amide bonds. The lowest BCUT2D eigenvalue weighted by atomic mass is 10.3. The smallest absolute Gasteiger partial charge is 0.291 e. The van der Waals surface area contributed by atoms with Crippen molar-refractivity contribution in [3.63, 3.8) is 0 Å². The summed E-state index contributed by atoms with van der Waals surface area (Å²) >= 11 is 0. The first kappa shape index (κ1) is 13.6. The van der Waals surface area contributed by atoms with Gasteiger partial charge in [-0.1, -0.05) is 6.92 Å². The highest BCUT2D eigenvalue weighted by atomic mass is 16.5. The first-order chi connectivity index (χ1) is 8.17. The van der Waals surface area contributed by atoms with Gasteiger partial charge in [-0.05, 0) is 6.42 Å². The van der Waals surface area contributed by atoms with Gasteiger partial charge in [0.25, 0.3) is 5.91 Å². The van der Waals surface area contributed by atoms with E-state index < -0.39 is 12.0 Å². The molecule has 0 spiro atoms. The Morgan fingerprint density at radius 3 is 3.06 bits per heavy atom. The standard InChI is InChI=1S/C10H18N4O3/c1-3-4-8-12-9(14-13-8)10(16)11-5-7(15)6-17-2/h7,15H,3-6H2,1-2H3,(H,11,16)(H,12,13,14). The van der Waals surface area contributed by atoms with Crippen LogP contribution in [0.3, 0.4) is 0 Å². The normalized spacial score (nSPS) is 12.4. The maximum absolute atomic E-state index is 11.6. The largest absolute Gasteiger partial charge is 0.389 e. The minimum Gasteiger partial charge on any atom is -0.389 e. The predicted molar refractivity (Wildman–Crippen MR) is 60.6 cm³/mol. The SMILES string of the molecule is CCCc1nc(C(=O)NCC(O)COC)n[nH]1. The first-order valence-electron chi connectivity index (χ1n) is 5.53. The van der Waals surface area contributed by atoms with E-state index in [9.17, 15) is 9.90 Å². The molecule has 0 saturated carbocycles. The second-order valence-corrected chi connectivity index (χ2v) is 3.67. The number of aromatic amines is 1. The second-order valence-electron chi connectivity index (χ2n) is 3.67. The number of hydrogen-bond acceptors (Lipinski definition) is 5. The maximum Gasteiger partial charge on any atom is 0.291 e. The molecule has 0 bridgehead atoms. The Hall–Kier alpha value is -1.47. The van der Waals surface area contributed by atoms with Crippen LogP contribution < -0.4 is 5.32 Å². The summed E-state index contributed by atoms with van der Waals surface area (Å²) in [5, 5.41) is 18.4. The summed E-state index contributed by atoms with van der Waals surface area (Å²) in [7, 11) is 1.48. The number of hydrogen-bond donors (Lipinski definition) is 3. The second kappa shape index (κ2) is 6.97. The highest BCUT2D eigenvalue weighted by Gasteiger charge is 2.13. The third-order valence-electron chi connectivity index (χ3n) is 2.08. The number of methoxy groups -OCH3 is 1. The third kappa shape index (κ3) is 4.49. The van der Waals surface area contributed by atoms with Gasteiger partial charge in [-0.3, -0.25) is 9.89 Å². The molecule has 96 valence electrons. The van der Waals surface area contributed by atoms with Crippen LogP contribution in [-0.2, 0) is 11.2 Å². The summed E-state index contributed by atoms with van der Waals surface area (Å²) in [6, 6.07) is 0. The zero-order valence-electron chi connectivity index (χ0n) is 10.1. The van der Waals surface area contributed by atoms with Crippen LogP contribution in [0.1, 0.15) is 29.8 Å². The van der Waals surface area contributed by atoms with Gasteiger partial charge in [0, 0.05) is 20.1 Å². The van der Waals surface area contributed by atoms with Crippen molar-refractivity contribution in [1.82, 2.24) is 20.5 Å². The van der Waals surface area contributed by atoms with Crippen LogP contribution >= 0.6 is 0 Å². The fraction of sp³-hybridized carbons (Fsp3) is 0.700. The molecule has 1 heterocycles. The van der Waals surface area contributed by atoms with Crippen LogP contribution in [0.5, 0.6) is 0 Å². The monoisotopic (exact) mass is 242 g/mol. The van der Waals surface area contributed by atoms with E-state index in [0.717, 1.165) is 12.8 Å². The average molecular weight is 242 g/mol. The average Bonchev–Trinajstić information content (AvgIpc) is 2.75. The summed E-state index contributed by atoms with van der Waals surface area (Å²) in [4.78, 5) is 15.6. The Bertz CT molecular complexity index is 353. The molecule has 0 aliphatic rings. The summed E-state index contributed by atoms with van der Waals surface area (Å²) in [6.07, 6.45) is 0.966. The van der Waals surface area contributed by atoms with Crippen molar-refractivity contribution in [2.24, 2.45) is 0 Å². The molecule has 0 radical (unpaired) electrons. The van der Waals surface area contributed by atoms with Gasteiger partial charge >= 0.3 is 0 Å². The van der Waals surface area contributed by atoms with Gasteiger partial charge in [0.2, 0.25) is 5.82 Å². The van der Waals surface area contributed by atoms with Crippen LogP contribution in [0.2, 0.25) is 0 Å². The van der Waals surface area contributed by atoms with Crippen molar-refractivity contribution >= 4 is 5.91 Å². The molecular formula is C10H18N4O3. The molecule has 3 N–H and O–H groups in total. The lowest BCUT2D eigenvalue weighted by molar-refractivity contribution is 0.0607. The Morgan fingerprint density at radius 2 is 2.41 bits per heavy atom. The van der Waals surface area contributed by atoms with Gasteiger partial charge in [0.15, 0.2) is 0 Å². The fourth-order valence-corrected chi connectivity index (χ4v) is 1.29. The van der Waals surface area contributed by atoms with E-state index >= 15 is 0 Å². The molecule has 0 aliphatic heterocycles. The number of H-pyrrole nitrogens is 1. The highest BCUT2D eigenvalue weighted by molar-refractivity contribution is 5.90. The fourth-order valence-electron chi connectivity index (χ4n) is 1.29. The van der Waals surface area contributed by atoms with Crippen LogP contribution in [0.4, 0.5) is 0 Å². The zero-order chi connectivity index (χ0) is 12.7. The van der Waals surface area contributed by atoms with Crippen LogP contribution in [0, 0.1) is 0 Å². The van der Waals surface area contributed by atoms with Crippen LogP contribution in [0.15, 0.2) is 0 Å². The lowest BCUT2D eigenvalue weighted by Gasteiger charge is -2.09. The molecular weight excluding hydrogens is 224 g/mol.